The van der Waals surface area contributed by atoms with E-state index >= 15 is 0 Å². The van der Waals surface area contributed by atoms with Gasteiger partial charge in [0, 0.05) is 12.7 Å². The zero-order valence-corrected chi connectivity index (χ0v) is 22.8. The number of nitrogens with one attached hydrogen (secondary N) is 1. The fraction of sp³-hybridized carbons (Fsp3) is 0.667. The van der Waals surface area contributed by atoms with Crippen molar-refractivity contribution in [3.63, 3.8) is 0 Å². The molecule has 1 aromatic heterocycles. The summed E-state index contributed by atoms with van der Waals surface area (Å²) < 4.78 is 12.5. The van der Waals surface area contributed by atoms with Crippen LogP contribution in [0.1, 0.15) is 120 Å². The lowest BCUT2D eigenvalue weighted by Crippen LogP contribution is -2.25. The molecule has 0 saturated heterocycles. The lowest BCUT2D eigenvalue weighted by molar-refractivity contribution is 0.0946. The fourth-order valence-electron chi connectivity index (χ4n) is 4.33. The second kappa shape index (κ2) is 19.7. The molecular weight excluding hydrogens is 450 g/mol. The standard InChI is InChI=1S/C30H49N3O3/c1-3-4-5-6-7-8-9-10-11-12-13-14-15-16-17-18-24-31-30(34)29-23-25-33(32-29)26-36-28-21-19-27(35-2)20-22-28/h19-23,25H,3-18,24,26H2,1-2H3,(H,31,34). The van der Waals surface area contributed by atoms with Gasteiger partial charge in [-0.3, -0.25) is 4.79 Å². The van der Waals surface area contributed by atoms with Gasteiger partial charge in [0.25, 0.3) is 5.91 Å². The molecule has 0 aliphatic heterocycles. The number of unbranched alkanes of at least 4 members (excludes halogenated alkanes) is 15. The van der Waals surface area contributed by atoms with Crippen LogP contribution in [0.5, 0.6) is 11.5 Å². The minimum atomic E-state index is -0.126. The Morgan fingerprint density at radius 3 is 1.78 bits per heavy atom. The van der Waals surface area contributed by atoms with Crippen LogP contribution in [0.25, 0.3) is 0 Å². The molecule has 0 aliphatic carbocycles. The molecule has 0 saturated carbocycles. The van der Waals surface area contributed by atoms with Gasteiger partial charge in [0.05, 0.1) is 7.11 Å². The van der Waals surface area contributed by atoms with Gasteiger partial charge in [-0.15, -0.1) is 0 Å². The predicted molar refractivity (Wildman–Crippen MR) is 148 cm³/mol. The summed E-state index contributed by atoms with van der Waals surface area (Å²) in [7, 11) is 1.63. The summed E-state index contributed by atoms with van der Waals surface area (Å²) >= 11 is 0. The van der Waals surface area contributed by atoms with Crippen LogP contribution in [0.15, 0.2) is 36.5 Å². The highest BCUT2D eigenvalue weighted by atomic mass is 16.5. The molecule has 0 radical (unpaired) electrons. The van der Waals surface area contributed by atoms with E-state index in [4.69, 9.17) is 9.47 Å². The maximum Gasteiger partial charge on any atom is 0.271 e. The van der Waals surface area contributed by atoms with E-state index in [1.807, 2.05) is 24.3 Å². The van der Waals surface area contributed by atoms with Crippen LogP contribution >= 0.6 is 0 Å². The molecule has 0 fully saturated rings. The maximum absolute atomic E-state index is 12.3. The summed E-state index contributed by atoms with van der Waals surface area (Å²) in [5.74, 6) is 1.38. The summed E-state index contributed by atoms with van der Waals surface area (Å²) in [5, 5.41) is 7.29. The topological polar surface area (TPSA) is 65.4 Å². The van der Waals surface area contributed by atoms with Gasteiger partial charge in [-0.25, -0.2) is 4.68 Å². The normalized spacial score (nSPS) is 10.9. The van der Waals surface area contributed by atoms with Crippen molar-refractivity contribution in [2.45, 2.75) is 116 Å². The van der Waals surface area contributed by atoms with E-state index in [1.54, 1.807) is 24.1 Å². The molecule has 36 heavy (non-hydrogen) atoms. The van der Waals surface area contributed by atoms with Crippen LogP contribution in [0.3, 0.4) is 0 Å². The third kappa shape index (κ3) is 13.6. The number of hydrogen-bond donors (Lipinski definition) is 1. The van der Waals surface area contributed by atoms with E-state index in [9.17, 15) is 4.79 Å². The molecule has 1 amide bonds. The Morgan fingerprint density at radius 2 is 1.25 bits per heavy atom. The van der Waals surface area contributed by atoms with E-state index in [0.717, 1.165) is 17.9 Å². The Bertz CT molecular complexity index is 804. The molecule has 1 N–H and O–H groups in total. The van der Waals surface area contributed by atoms with Gasteiger partial charge < -0.3 is 14.8 Å². The monoisotopic (exact) mass is 499 g/mol. The van der Waals surface area contributed by atoms with E-state index in [2.05, 4.69) is 17.3 Å². The first-order valence-corrected chi connectivity index (χ1v) is 14.3. The van der Waals surface area contributed by atoms with Crippen LogP contribution < -0.4 is 14.8 Å². The summed E-state index contributed by atoms with van der Waals surface area (Å²) in [6.07, 6.45) is 23.3. The quantitative estimate of drug-likeness (QED) is 0.167. The van der Waals surface area contributed by atoms with Gasteiger partial charge >= 0.3 is 0 Å². The van der Waals surface area contributed by atoms with E-state index in [-0.39, 0.29) is 12.6 Å². The molecule has 6 nitrogen and oxygen atoms in total. The van der Waals surface area contributed by atoms with Gasteiger partial charge in [-0.1, -0.05) is 103 Å². The van der Waals surface area contributed by atoms with Crippen molar-refractivity contribution in [1.82, 2.24) is 15.1 Å². The van der Waals surface area contributed by atoms with Crippen LogP contribution in [0.4, 0.5) is 0 Å². The molecule has 6 heteroatoms. The highest BCUT2D eigenvalue weighted by Gasteiger charge is 2.09. The molecule has 1 heterocycles. The molecule has 0 spiro atoms. The van der Waals surface area contributed by atoms with Crippen LogP contribution in [0, 0.1) is 0 Å². The number of aromatic nitrogens is 2. The average Bonchev–Trinajstić information content (AvgIpc) is 3.39. The number of rotatable bonds is 22. The SMILES string of the molecule is CCCCCCCCCCCCCCCCCCNC(=O)c1ccn(COc2ccc(OC)cc2)n1. The number of nitrogens with zero attached hydrogens (tertiary/aromatic N) is 2. The van der Waals surface area contributed by atoms with Crippen molar-refractivity contribution in [3.05, 3.63) is 42.2 Å². The Labute approximate surface area is 219 Å². The first kappa shape index (κ1) is 29.7. The fourth-order valence-corrected chi connectivity index (χ4v) is 4.33. The minimum absolute atomic E-state index is 0.126. The second-order valence-electron chi connectivity index (χ2n) is 9.75. The molecule has 0 bridgehead atoms. The number of ether oxygens (including phenoxy) is 2. The molecular formula is C30H49N3O3. The molecule has 0 aliphatic rings. The van der Waals surface area contributed by atoms with Crippen molar-refractivity contribution in [3.8, 4) is 11.5 Å². The minimum Gasteiger partial charge on any atom is -0.497 e. The van der Waals surface area contributed by atoms with Gasteiger partial charge in [0.15, 0.2) is 6.73 Å². The highest BCUT2D eigenvalue weighted by Crippen LogP contribution is 2.17. The van der Waals surface area contributed by atoms with E-state index < -0.39 is 0 Å². The molecule has 0 unspecified atom stereocenters. The average molecular weight is 500 g/mol. The second-order valence-corrected chi connectivity index (χ2v) is 9.75. The molecule has 2 rings (SSSR count). The Morgan fingerprint density at radius 1 is 0.750 bits per heavy atom. The molecule has 202 valence electrons. The van der Waals surface area contributed by atoms with E-state index in [0.29, 0.717) is 12.2 Å². The zero-order chi connectivity index (χ0) is 25.7. The largest absolute Gasteiger partial charge is 0.497 e. The number of carbonyl (C=O) groups excluding carboxylic acids is 1. The van der Waals surface area contributed by atoms with Crippen LogP contribution in [0.2, 0.25) is 0 Å². The summed E-state index contributed by atoms with van der Waals surface area (Å²) in [5.41, 5.74) is 0.421. The smallest absolute Gasteiger partial charge is 0.271 e. The zero-order valence-electron chi connectivity index (χ0n) is 22.8. The van der Waals surface area contributed by atoms with Crippen molar-refractivity contribution in [2.24, 2.45) is 0 Å². The van der Waals surface area contributed by atoms with E-state index in [1.165, 1.54) is 96.3 Å². The van der Waals surface area contributed by atoms with Crippen molar-refractivity contribution in [1.29, 1.82) is 0 Å². The number of carbonyl (C=O) groups is 1. The highest BCUT2D eigenvalue weighted by molar-refractivity contribution is 5.92. The third-order valence-corrected chi connectivity index (χ3v) is 6.61. The predicted octanol–water partition coefficient (Wildman–Crippen LogP) is 7.92. The molecule has 0 atom stereocenters. The van der Waals surface area contributed by atoms with Crippen molar-refractivity contribution >= 4 is 5.91 Å². The van der Waals surface area contributed by atoms with Gasteiger partial charge in [0.2, 0.25) is 0 Å². The summed E-state index contributed by atoms with van der Waals surface area (Å²) in [6.45, 7) is 3.23. The van der Waals surface area contributed by atoms with Crippen molar-refractivity contribution < 1.29 is 14.3 Å². The van der Waals surface area contributed by atoms with Gasteiger partial charge in [0.1, 0.15) is 17.2 Å². The van der Waals surface area contributed by atoms with Crippen LogP contribution in [-0.2, 0) is 6.73 Å². The van der Waals surface area contributed by atoms with Gasteiger partial charge in [-0.2, -0.15) is 5.10 Å². The Kier molecular flexibility index (Phi) is 16.2. The van der Waals surface area contributed by atoms with Crippen LogP contribution in [-0.4, -0.2) is 29.3 Å². The summed E-state index contributed by atoms with van der Waals surface area (Å²) in [6, 6.07) is 9.09. The number of hydrogen-bond acceptors (Lipinski definition) is 4. The lowest BCUT2D eigenvalue weighted by atomic mass is 10.0. The molecule has 1 aromatic carbocycles. The first-order chi connectivity index (χ1) is 17.7. The van der Waals surface area contributed by atoms with Gasteiger partial charge in [-0.05, 0) is 36.8 Å². The molecule has 2 aromatic rings. The number of amides is 1. The first-order valence-electron chi connectivity index (χ1n) is 14.3. The Hall–Kier alpha value is -2.50. The third-order valence-electron chi connectivity index (χ3n) is 6.61. The maximum atomic E-state index is 12.3. The van der Waals surface area contributed by atoms with Crippen molar-refractivity contribution in [2.75, 3.05) is 13.7 Å². The lowest BCUT2D eigenvalue weighted by Gasteiger charge is -2.07. The summed E-state index contributed by atoms with van der Waals surface area (Å²) in [4.78, 5) is 12.3. The number of methoxy groups -OCH3 is 1. The number of benzene rings is 1. The Balaban J connectivity index is 1.40.